The molecule has 5 heteroatoms. The molecule has 2 amide bonds. The minimum absolute atomic E-state index is 0.0122. The van der Waals surface area contributed by atoms with Crippen LogP contribution in [-0.2, 0) is 16.0 Å². The highest BCUT2D eigenvalue weighted by Crippen LogP contribution is 2.10. The fraction of sp³-hybridized carbons (Fsp3) is 0.333. The summed E-state index contributed by atoms with van der Waals surface area (Å²) < 4.78 is 0. The van der Waals surface area contributed by atoms with Gasteiger partial charge in [0.05, 0.1) is 12.5 Å². The van der Waals surface area contributed by atoms with Crippen LogP contribution in [0, 0.1) is 0 Å². The van der Waals surface area contributed by atoms with Gasteiger partial charge in [0.1, 0.15) is 0 Å². The third-order valence-electron chi connectivity index (χ3n) is 2.62. The lowest BCUT2D eigenvalue weighted by molar-refractivity contribution is -0.121. The van der Waals surface area contributed by atoms with E-state index in [0.717, 1.165) is 5.56 Å². The SMILES string of the molecule is O=C1C[C@H](NC(=O)Cc2ccc(Cl)cc2)CN1. The number of rotatable bonds is 3. The van der Waals surface area contributed by atoms with Gasteiger partial charge in [0, 0.05) is 18.0 Å². The molecule has 1 heterocycles. The molecule has 1 aromatic rings. The minimum atomic E-state index is -0.0812. The predicted octanol–water partition coefficient (Wildman–Crippen LogP) is 0.887. The number of hydrogen-bond donors (Lipinski definition) is 2. The molecular weight excluding hydrogens is 240 g/mol. The summed E-state index contributed by atoms with van der Waals surface area (Å²) in [5.74, 6) is -0.0874. The van der Waals surface area contributed by atoms with E-state index in [1.54, 1.807) is 12.1 Å². The van der Waals surface area contributed by atoms with Crippen molar-refractivity contribution in [1.29, 1.82) is 0 Å². The molecule has 0 aromatic heterocycles. The number of carbonyl (C=O) groups is 2. The Kier molecular flexibility index (Phi) is 3.64. The molecular formula is C12H13ClN2O2. The standard InChI is InChI=1S/C12H13ClN2O2/c13-9-3-1-8(2-4-9)5-12(17)15-10-6-11(16)14-7-10/h1-4,10H,5-7H2,(H,14,16)(H,15,17)/t10-/m0/s1. The van der Waals surface area contributed by atoms with Gasteiger partial charge in [-0.25, -0.2) is 0 Å². The molecule has 90 valence electrons. The number of hydrogen-bond acceptors (Lipinski definition) is 2. The molecule has 0 bridgehead atoms. The maximum Gasteiger partial charge on any atom is 0.224 e. The molecule has 1 aromatic carbocycles. The monoisotopic (exact) mass is 252 g/mol. The van der Waals surface area contributed by atoms with Crippen molar-refractivity contribution in [1.82, 2.24) is 10.6 Å². The molecule has 0 spiro atoms. The van der Waals surface area contributed by atoms with Gasteiger partial charge in [0.15, 0.2) is 0 Å². The van der Waals surface area contributed by atoms with Crippen LogP contribution in [0.2, 0.25) is 5.02 Å². The minimum Gasteiger partial charge on any atom is -0.354 e. The Morgan fingerprint density at radius 3 is 2.71 bits per heavy atom. The first-order valence-electron chi connectivity index (χ1n) is 5.44. The summed E-state index contributed by atoms with van der Waals surface area (Å²) >= 11 is 5.76. The Hall–Kier alpha value is -1.55. The van der Waals surface area contributed by atoms with Crippen molar-refractivity contribution in [2.24, 2.45) is 0 Å². The van der Waals surface area contributed by atoms with E-state index < -0.39 is 0 Å². The van der Waals surface area contributed by atoms with E-state index in [0.29, 0.717) is 24.4 Å². The maximum atomic E-state index is 11.7. The summed E-state index contributed by atoms with van der Waals surface area (Å²) in [4.78, 5) is 22.6. The van der Waals surface area contributed by atoms with E-state index in [4.69, 9.17) is 11.6 Å². The molecule has 0 unspecified atom stereocenters. The molecule has 1 aliphatic rings. The molecule has 1 atom stereocenters. The normalized spacial score (nSPS) is 18.9. The van der Waals surface area contributed by atoms with Crippen LogP contribution >= 0.6 is 11.6 Å². The average Bonchev–Trinajstić information content (AvgIpc) is 2.67. The number of nitrogens with one attached hydrogen (secondary N) is 2. The van der Waals surface area contributed by atoms with Crippen molar-refractivity contribution < 1.29 is 9.59 Å². The highest BCUT2D eigenvalue weighted by molar-refractivity contribution is 6.30. The second kappa shape index (κ2) is 5.19. The molecule has 0 radical (unpaired) electrons. The van der Waals surface area contributed by atoms with E-state index in [9.17, 15) is 9.59 Å². The lowest BCUT2D eigenvalue weighted by atomic mass is 10.1. The molecule has 2 rings (SSSR count). The van der Waals surface area contributed by atoms with Crippen molar-refractivity contribution in [3.63, 3.8) is 0 Å². The molecule has 1 fully saturated rings. The summed E-state index contributed by atoms with van der Waals surface area (Å²) in [6, 6.07) is 7.07. The largest absolute Gasteiger partial charge is 0.354 e. The van der Waals surface area contributed by atoms with Crippen LogP contribution in [0.4, 0.5) is 0 Å². The number of benzene rings is 1. The van der Waals surface area contributed by atoms with Crippen LogP contribution in [0.15, 0.2) is 24.3 Å². The number of amides is 2. The Labute approximate surface area is 104 Å². The lowest BCUT2D eigenvalue weighted by Gasteiger charge is -2.10. The third kappa shape index (κ3) is 3.46. The van der Waals surface area contributed by atoms with E-state index in [2.05, 4.69) is 10.6 Å². The fourth-order valence-electron chi connectivity index (χ4n) is 1.77. The first-order chi connectivity index (χ1) is 8.13. The first-order valence-corrected chi connectivity index (χ1v) is 5.82. The van der Waals surface area contributed by atoms with Crippen molar-refractivity contribution in [3.05, 3.63) is 34.9 Å². The maximum absolute atomic E-state index is 11.7. The Morgan fingerprint density at radius 2 is 2.12 bits per heavy atom. The van der Waals surface area contributed by atoms with Gasteiger partial charge in [0.2, 0.25) is 11.8 Å². The smallest absolute Gasteiger partial charge is 0.224 e. The Balaban J connectivity index is 1.85. The van der Waals surface area contributed by atoms with Crippen molar-refractivity contribution in [2.75, 3.05) is 6.54 Å². The van der Waals surface area contributed by atoms with Gasteiger partial charge in [-0.2, -0.15) is 0 Å². The van der Waals surface area contributed by atoms with Gasteiger partial charge in [0.25, 0.3) is 0 Å². The lowest BCUT2D eigenvalue weighted by Crippen LogP contribution is -2.37. The summed E-state index contributed by atoms with van der Waals surface area (Å²) in [6.07, 6.45) is 0.675. The second-order valence-electron chi connectivity index (χ2n) is 4.08. The van der Waals surface area contributed by atoms with Crippen LogP contribution in [0.3, 0.4) is 0 Å². The molecule has 2 N–H and O–H groups in total. The van der Waals surface area contributed by atoms with Crippen molar-refractivity contribution in [3.8, 4) is 0 Å². The van der Waals surface area contributed by atoms with Crippen LogP contribution in [0.25, 0.3) is 0 Å². The van der Waals surface area contributed by atoms with E-state index in [-0.39, 0.29) is 17.9 Å². The summed E-state index contributed by atoms with van der Waals surface area (Å²) in [7, 11) is 0. The van der Waals surface area contributed by atoms with Gasteiger partial charge in [-0.1, -0.05) is 23.7 Å². The van der Waals surface area contributed by atoms with Crippen molar-refractivity contribution in [2.45, 2.75) is 18.9 Å². The van der Waals surface area contributed by atoms with Crippen LogP contribution in [-0.4, -0.2) is 24.4 Å². The molecule has 4 nitrogen and oxygen atoms in total. The second-order valence-corrected chi connectivity index (χ2v) is 4.51. The quantitative estimate of drug-likeness (QED) is 0.839. The molecule has 1 aliphatic heterocycles. The van der Waals surface area contributed by atoms with Gasteiger partial charge >= 0.3 is 0 Å². The zero-order valence-electron chi connectivity index (χ0n) is 9.20. The summed E-state index contributed by atoms with van der Waals surface area (Å²) in [6.45, 7) is 0.519. The fourth-order valence-corrected chi connectivity index (χ4v) is 1.90. The van der Waals surface area contributed by atoms with Gasteiger partial charge in [-0.3, -0.25) is 9.59 Å². The number of halogens is 1. The molecule has 1 saturated heterocycles. The van der Waals surface area contributed by atoms with Crippen LogP contribution in [0.5, 0.6) is 0 Å². The average molecular weight is 253 g/mol. The van der Waals surface area contributed by atoms with Gasteiger partial charge < -0.3 is 10.6 Å². The predicted molar refractivity (Wildman–Crippen MR) is 64.7 cm³/mol. The topological polar surface area (TPSA) is 58.2 Å². The summed E-state index contributed by atoms with van der Waals surface area (Å²) in [5, 5.41) is 6.14. The third-order valence-corrected chi connectivity index (χ3v) is 2.87. The zero-order chi connectivity index (χ0) is 12.3. The zero-order valence-corrected chi connectivity index (χ0v) is 9.96. The number of carbonyl (C=O) groups excluding carboxylic acids is 2. The van der Waals surface area contributed by atoms with Gasteiger partial charge in [-0.15, -0.1) is 0 Å². The van der Waals surface area contributed by atoms with Crippen LogP contribution < -0.4 is 10.6 Å². The summed E-state index contributed by atoms with van der Waals surface area (Å²) in [5.41, 5.74) is 0.907. The highest BCUT2D eigenvalue weighted by Gasteiger charge is 2.22. The Bertz CT molecular complexity index is 431. The van der Waals surface area contributed by atoms with Gasteiger partial charge in [-0.05, 0) is 17.7 Å². The van der Waals surface area contributed by atoms with Crippen molar-refractivity contribution >= 4 is 23.4 Å². The Morgan fingerprint density at radius 1 is 1.41 bits per heavy atom. The van der Waals surface area contributed by atoms with E-state index in [1.165, 1.54) is 0 Å². The highest BCUT2D eigenvalue weighted by atomic mass is 35.5. The van der Waals surface area contributed by atoms with Crippen LogP contribution in [0.1, 0.15) is 12.0 Å². The molecule has 17 heavy (non-hydrogen) atoms. The molecule has 0 aliphatic carbocycles. The van der Waals surface area contributed by atoms with E-state index >= 15 is 0 Å². The first kappa shape index (κ1) is 11.9. The molecule has 0 saturated carbocycles. The van der Waals surface area contributed by atoms with E-state index in [1.807, 2.05) is 12.1 Å².